The average molecular weight is 244 g/mol. The van der Waals surface area contributed by atoms with E-state index in [0.717, 1.165) is 12.2 Å². The third kappa shape index (κ3) is 2.56. The van der Waals surface area contributed by atoms with Gasteiger partial charge in [-0.25, -0.2) is 0 Å². The summed E-state index contributed by atoms with van der Waals surface area (Å²) in [6.07, 6.45) is 6.78. The van der Waals surface area contributed by atoms with Gasteiger partial charge in [-0.1, -0.05) is 0 Å². The van der Waals surface area contributed by atoms with Gasteiger partial charge in [-0.05, 0) is 38.1 Å². The molecule has 0 aromatic carbocycles. The molecular weight excluding hydrogens is 228 g/mol. The van der Waals surface area contributed by atoms with E-state index in [0.29, 0.717) is 12.2 Å². The molecule has 0 N–H and O–H groups in total. The molecule has 2 rings (SSSR count). The molecule has 0 bridgehead atoms. The van der Waals surface area contributed by atoms with Gasteiger partial charge in [0.25, 0.3) is 0 Å². The third-order valence-electron chi connectivity index (χ3n) is 2.66. The van der Waals surface area contributed by atoms with E-state index in [1.165, 1.54) is 6.08 Å². The van der Waals surface area contributed by atoms with E-state index < -0.39 is 0 Å². The number of aromatic nitrogens is 4. The molecule has 0 saturated carbocycles. The minimum atomic E-state index is -0.0552. The van der Waals surface area contributed by atoms with Crippen molar-refractivity contribution >= 4 is 11.9 Å². The van der Waals surface area contributed by atoms with E-state index in [1.54, 1.807) is 23.0 Å². The predicted octanol–water partition coefficient (Wildman–Crippen LogP) is 2.02. The molecule has 0 fully saturated rings. The fraction of sp³-hybridized carbons (Fsp3) is 0.308. The fourth-order valence-electron chi connectivity index (χ4n) is 1.68. The van der Waals surface area contributed by atoms with Crippen LogP contribution in [0, 0.1) is 0 Å². The maximum atomic E-state index is 12.0. The standard InChI is InChI=1S/C13H16N4O/c1-3-16-10-8-11(15-16)5-6-13(18)12-7-9-14-17(12)4-2/h5-10H,3-4H2,1-2H3/b6-5+. The highest BCUT2D eigenvalue weighted by atomic mass is 16.1. The predicted molar refractivity (Wildman–Crippen MR) is 69.2 cm³/mol. The highest BCUT2D eigenvalue weighted by Gasteiger charge is 2.07. The number of aryl methyl sites for hydroxylation is 2. The van der Waals surface area contributed by atoms with Gasteiger partial charge in [0.15, 0.2) is 0 Å². The minimum Gasteiger partial charge on any atom is -0.288 e. The van der Waals surface area contributed by atoms with Crippen molar-refractivity contribution < 1.29 is 4.79 Å². The average Bonchev–Trinajstić information content (AvgIpc) is 3.04. The van der Waals surface area contributed by atoms with Gasteiger partial charge in [0.05, 0.1) is 5.69 Å². The van der Waals surface area contributed by atoms with Crippen LogP contribution in [0.4, 0.5) is 0 Å². The second-order valence-electron chi connectivity index (χ2n) is 3.83. The van der Waals surface area contributed by atoms with Gasteiger partial charge in [0.1, 0.15) is 5.69 Å². The molecule has 0 aliphatic heterocycles. The lowest BCUT2D eigenvalue weighted by Gasteiger charge is -1.99. The molecule has 2 aromatic rings. The highest BCUT2D eigenvalue weighted by Crippen LogP contribution is 2.04. The van der Waals surface area contributed by atoms with Gasteiger partial charge in [0, 0.05) is 25.5 Å². The smallest absolute Gasteiger partial charge is 0.203 e. The van der Waals surface area contributed by atoms with Crippen molar-refractivity contribution in [1.29, 1.82) is 0 Å². The van der Waals surface area contributed by atoms with Crippen LogP contribution in [0.15, 0.2) is 30.6 Å². The molecule has 2 aromatic heterocycles. The number of carbonyl (C=O) groups is 1. The number of rotatable bonds is 5. The van der Waals surface area contributed by atoms with Crippen molar-refractivity contribution in [2.24, 2.45) is 0 Å². The lowest BCUT2D eigenvalue weighted by atomic mass is 10.2. The molecule has 0 saturated heterocycles. The van der Waals surface area contributed by atoms with E-state index >= 15 is 0 Å². The van der Waals surface area contributed by atoms with Crippen LogP contribution < -0.4 is 0 Å². The number of ketones is 1. The molecule has 0 radical (unpaired) electrons. The molecule has 0 atom stereocenters. The van der Waals surface area contributed by atoms with Crippen molar-refractivity contribution in [3.8, 4) is 0 Å². The topological polar surface area (TPSA) is 52.7 Å². The van der Waals surface area contributed by atoms with E-state index in [9.17, 15) is 4.79 Å². The first-order valence-electron chi connectivity index (χ1n) is 6.02. The van der Waals surface area contributed by atoms with Crippen LogP contribution in [0.25, 0.3) is 6.08 Å². The molecule has 0 aliphatic carbocycles. The molecule has 18 heavy (non-hydrogen) atoms. The van der Waals surface area contributed by atoms with E-state index in [1.807, 2.05) is 30.8 Å². The molecule has 0 amide bonds. The first kappa shape index (κ1) is 12.3. The van der Waals surface area contributed by atoms with E-state index in [2.05, 4.69) is 10.2 Å². The monoisotopic (exact) mass is 244 g/mol. The van der Waals surface area contributed by atoms with Crippen molar-refractivity contribution in [3.05, 3.63) is 42.0 Å². The summed E-state index contributed by atoms with van der Waals surface area (Å²) in [5, 5.41) is 8.35. The van der Waals surface area contributed by atoms with Gasteiger partial charge in [-0.15, -0.1) is 0 Å². The first-order chi connectivity index (χ1) is 8.74. The number of hydrogen-bond acceptors (Lipinski definition) is 3. The Labute approximate surface area is 106 Å². The second-order valence-corrected chi connectivity index (χ2v) is 3.83. The molecule has 2 heterocycles. The van der Waals surface area contributed by atoms with Gasteiger partial charge >= 0.3 is 0 Å². The molecule has 0 aliphatic rings. The zero-order chi connectivity index (χ0) is 13.0. The number of carbonyl (C=O) groups excluding carboxylic acids is 1. The highest BCUT2D eigenvalue weighted by molar-refractivity contribution is 6.05. The Morgan fingerprint density at radius 1 is 1.33 bits per heavy atom. The number of nitrogens with zero attached hydrogens (tertiary/aromatic N) is 4. The summed E-state index contributed by atoms with van der Waals surface area (Å²) in [6.45, 7) is 5.48. The van der Waals surface area contributed by atoms with Crippen molar-refractivity contribution in [3.63, 3.8) is 0 Å². The van der Waals surface area contributed by atoms with Crippen LogP contribution >= 0.6 is 0 Å². The van der Waals surface area contributed by atoms with Gasteiger partial charge in [-0.2, -0.15) is 10.2 Å². The molecule has 5 nitrogen and oxygen atoms in total. The van der Waals surface area contributed by atoms with Crippen molar-refractivity contribution in [2.45, 2.75) is 26.9 Å². The fourth-order valence-corrected chi connectivity index (χ4v) is 1.68. The van der Waals surface area contributed by atoms with Crippen molar-refractivity contribution in [2.75, 3.05) is 0 Å². The van der Waals surface area contributed by atoms with Gasteiger partial charge in [-0.3, -0.25) is 14.2 Å². The number of allylic oxidation sites excluding steroid dienone is 1. The molecule has 5 heteroatoms. The van der Waals surface area contributed by atoms with Crippen LogP contribution in [-0.4, -0.2) is 25.3 Å². The first-order valence-corrected chi connectivity index (χ1v) is 6.02. The molecule has 94 valence electrons. The Bertz CT molecular complexity index is 565. The summed E-state index contributed by atoms with van der Waals surface area (Å²) in [6, 6.07) is 3.60. The van der Waals surface area contributed by atoms with Gasteiger partial charge in [0.2, 0.25) is 5.78 Å². The zero-order valence-electron chi connectivity index (χ0n) is 10.6. The summed E-state index contributed by atoms with van der Waals surface area (Å²) in [7, 11) is 0. The summed E-state index contributed by atoms with van der Waals surface area (Å²) in [4.78, 5) is 12.0. The lowest BCUT2D eigenvalue weighted by molar-refractivity contribution is 0.103. The summed E-state index contributed by atoms with van der Waals surface area (Å²) in [5.41, 5.74) is 1.39. The normalized spacial score (nSPS) is 11.2. The van der Waals surface area contributed by atoms with Gasteiger partial charge < -0.3 is 0 Å². The Morgan fingerprint density at radius 2 is 2.17 bits per heavy atom. The quantitative estimate of drug-likeness (QED) is 0.597. The van der Waals surface area contributed by atoms with Crippen LogP contribution in [0.5, 0.6) is 0 Å². The Balaban J connectivity index is 2.11. The Hall–Kier alpha value is -2.17. The minimum absolute atomic E-state index is 0.0552. The van der Waals surface area contributed by atoms with Crippen LogP contribution in [0.3, 0.4) is 0 Å². The summed E-state index contributed by atoms with van der Waals surface area (Å²) >= 11 is 0. The maximum Gasteiger partial charge on any atom is 0.203 e. The maximum absolute atomic E-state index is 12.0. The summed E-state index contributed by atoms with van der Waals surface area (Å²) < 4.78 is 3.50. The van der Waals surface area contributed by atoms with Crippen LogP contribution in [-0.2, 0) is 13.1 Å². The molecule has 0 spiro atoms. The summed E-state index contributed by atoms with van der Waals surface area (Å²) in [5.74, 6) is -0.0552. The third-order valence-corrected chi connectivity index (χ3v) is 2.66. The SMILES string of the molecule is CCn1ccc(/C=C/C(=O)c2ccnn2CC)n1. The second kappa shape index (κ2) is 5.44. The largest absolute Gasteiger partial charge is 0.288 e. The van der Waals surface area contributed by atoms with Crippen molar-refractivity contribution in [1.82, 2.24) is 19.6 Å². The Kier molecular flexibility index (Phi) is 3.72. The van der Waals surface area contributed by atoms with E-state index in [4.69, 9.17) is 0 Å². The zero-order valence-corrected chi connectivity index (χ0v) is 10.6. The van der Waals surface area contributed by atoms with E-state index in [-0.39, 0.29) is 5.78 Å². The van der Waals surface area contributed by atoms with Crippen LogP contribution in [0.2, 0.25) is 0 Å². The van der Waals surface area contributed by atoms with Crippen LogP contribution in [0.1, 0.15) is 30.0 Å². The number of hydrogen-bond donors (Lipinski definition) is 0. The Morgan fingerprint density at radius 3 is 2.83 bits per heavy atom. The molecule has 0 unspecified atom stereocenters. The molecular formula is C13H16N4O. The lowest BCUT2D eigenvalue weighted by Crippen LogP contribution is -2.07.